The maximum Gasteiger partial charge on any atom is 0.220 e. The molecule has 4 nitrogen and oxygen atoms in total. The summed E-state index contributed by atoms with van der Waals surface area (Å²) in [5.41, 5.74) is 6.73. The van der Waals surface area contributed by atoms with Crippen LogP contribution in [-0.2, 0) is 11.2 Å². The fourth-order valence-electron chi connectivity index (χ4n) is 3.10. The van der Waals surface area contributed by atoms with Gasteiger partial charge in [-0.2, -0.15) is 0 Å². The molecule has 0 radical (unpaired) electrons. The van der Waals surface area contributed by atoms with Crippen molar-refractivity contribution in [2.24, 2.45) is 0 Å². The van der Waals surface area contributed by atoms with E-state index >= 15 is 0 Å². The van der Waals surface area contributed by atoms with Gasteiger partial charge in [0.05, 0.1) is 23.4 Å². The number of hydrogen-bond acceptors (Lipinski definition) is 2. The number of imidazole rings is 1. The number of fused-ring (bicyclic) bond motifs is 1. The quantitative estimate of drug-likeness (QED) is 0.746. The Kier molecular flexibility index (Phi) is 4.65. The summed E-state index contributed by atoms with van der Waals surface area (Å²) < 4.78 is 0. The van der Waals surface area contributed by atoms with Crippen molar-refractivity contribution in [3.05, 3.63) is 65.0 Å². The van der Waals surface area contributed by atoms with Crippen molar-refractivity contribution in [3.63, 3.8) is 0 Å². The molecule has 3 rings (SSSR count). The summed E-state index contributed by atoms with van der Waals surface area (Å²) in [6.07, 6.45) is 2.89. The Hall–Kier alpha value is -2.62. The van der Waals surface area contributed by atoms with E-state index in [0.717, 1.165) is 23.0 Å². The highest BCUT2D eigenvalue weighted by Crippen LogP contribution is 2.19. The number of aromatic nitrogens is 2. The van der Waals surface area contributed by atoms with Crippen LogP contribution in [0, 0.1) is 13.8 Å². The van der Waals surface area contributed by atoms with Crippen molar-refractivity contribution in [3.8, 4) is 0 Å². The van der Waals surface area contributed by atoms with Crippen LogP contribution in [0.5, 0.6) is 0 Å². The number of nitrogens with zero attached hydrogens (tertiary/aromatic N) is 1. The molecule has 0 aliphatic carbocycles. The molecular weight excluding hydrogens is 298 g/mol. The summed E-state index contributed by atoms with van der Waals surface area (Å²) in [5.74, 6) is 0.0761. The Morgan fingerprint density at radius 3 is 2.83 bits per heavy atom. The van der Waals surface area contributed by atoms with Crippen molar-refractivity contribution in [2.45, 2.75) is 39.7 Å². The molecule has 0 aliphatic heterocycles. The zero-order chi connectivity index (χ0) is 17.1. The van der Waals surface area contributed by atoms with E-state index in [1.54, 1.807) is 6.33 Å². The van der Waals surface area contributed by atoms with Gasteiger partial charge in [-0.25, -0.2) is 4.98 Å². The van der Waals surface area contributed by atoms with Crippen LogP contribution in [0.25, 0.3) is 11.0 Å². The molecule has 1 amide bonds. The van der Waals surface area contributed by atoms with Crippen LogP contribution >= 0.6 is 0 Å². The fourth-order valence-corrected chi connectivity index (χ4v) is 3.10. The zero-order valence-corrected chi connectivity index (χ0v) is 14.4. The van der Waals surface area contributed by atoms with Crippen LogP contribution in [0.4, 0.5) is 0 Å². The molecule has 24 heavy (non-hydrogen) atoms. The third-order valence-electron chi connectivity index (χ3n) is 4.39. The molecule has 4 heteroatoms. The van der Waals surface area contributed by atoms with Crippen LogP contribution in [0.1, 0.15) is 41.6 Å². The van der Waals surface area contributed by atoms with E-state index < -0.39 is 0 Å². The summed E-state index contributed by atoms with van der Waals surface area (Å²) in [6.45, 7) is 6.20. The van der Waals surface area contributed by atoms with Crippen LogP contribution in [-0.4, -0.2) is 15.9 Å². The molecule has 1 atom stereocenters. The van der Waals surface area contributed by atoms with E-state index in [1.165, 1.54) is 16.7 Å². The predicted octanol–water partition coefficient (Wildman–Crippen LogP) is 3.99. The molecule has 0 saturated carbocycles. The molecule has 0 bridgehead atoms. The molecule has 0 fully saturated rings. The van der Waals surface area contributed by atoms with Gasteiger partial charge in [0, 0.05) is 6.42 Å². The zero-order valence-electron chi connectivity index (χ0n) is 14.4. The maximum atomic E-state index is 12.3. The lowest BCUT2D eigenvalue weighted by atomic mass is 10.00. The van der Waals surface area contributed by atoms with Gasteiger partial charge < -0.3 is 10.3 Å². The normalized spacial score (nSPS) is 12.3. The summed E-state index contributed by atoms with van der Waals surface area (Å²) in [4.78, 5) is 19.6. The van der Waals surface area contributed by atoms with Gasteiger partial charge in [0.25, 0.3) is 0 Å². The molecular formula is C20H23N3O. The smallest absolute Gasteiger partial charge is 0.220 e. The number of hydrogen-bond donors (Lipinski definition) is 2. The van der Waals surface area contributed by atoms with E-state index in [4.69, 9.17) is 0 Å². The Morgan fingerprint density at radius 1 is 1.21 bits per heavy atom. The first kappa shape index (κ1) is 16.2. The molecule has 124 valence electrons. The van der Waals surface area contributed by atoms with E-state index in [9.17, 15) is 4.79 Å². The van der Waals surface area contributed by atoms with E-state index in [0.29, 0.717) is 6.42 Å². The van der Waals surface area contributed by atoms with Crippen molar-refractivity contribution in [1.29, 1.82) is 0 Å². The summed E-state index contributed by atoms with van der Waals surface area (Å²) in [6, 6.07) is 12.4. The minimum Gasteiger partial charge on any atom is -0.350 e. The molecule has 1 aromatic heterocycles. The largest absolute Gasteiger partial charge is 0.350 e. The van der Waals surface area contributed by atoms with Gasteiger partial charge in [-0.3, -0.25) is 4.79 Å². The molecule has 1 unspecified atom stereocenters. The third kappa shape index (κ3) is 3.65. The Bertz CT molecular complexity index is 866. The molecule has 3 aromatic rings. The number of nitrogens with one attached hydrogen (secondary N) is 2. The Labute approximate surface area is 142 Å². The topological polar surface area (TPSA) is 57.8 Å². The van der Waals surface area contributed by atoms with Crippen LogP contribution in [0.15, 0.2) is 42.7 Å². The highest BCUT2D eigenvalue weighted by molar-refractivity contribution is 5.78. The highest BCUT2D eigenvalue weighted by Gasteiger charge is 2.12. The molecule has 0 saturated heterocycles. The minimum absolute atomic E-state index is 0.0215. The standard InChI is InChI=1S/C20H23N3O/c1-13-4-7-17(14(2)10-13)15(3)23-20(24)9-6-16-5-8-18-19(11-16)22-12-21-18/h4-5,7-8,10-12,15H,6,9H2,1-3H3,(H,21,22)(H,23,24). The second-order valence-electron chi connectivity index (χ2n) is 6.40. The summed E-state index contributed by atoms with van der Waals surface area (Å²) >= 11 is 0. The van der Waals surface area contributed by atoms with E-state index in [1.807, 2.05) is 19.1 Å². The second kappa shape index (κ2) is 6.87. The summed E-state index contributed by atoms with van der Waals surface area (Å²) in [5, 5.41) is 3.10. The average molecular weight is 321 g/mol. The van der Waals surface area contributed by atoms with Crippen molar-refractivity contribution < 1.29 is 4.79 Å². The molecule has 0 spiro atoms. The molecule has 0 aliphatic rings. The van der Waals surface area contributed by atoms with Crippen molar-refractivity contribution in [1.82, 2.24) is 15.3 Å². The van der Waals surface area contributed by atoms with Gasteiger partial charge in [0.1, 0.15) is 0 Å². The number of aryl methyl sites for hydroxylation is 3. The number of H-pyrrole nitrogens is 1. The minimum atomic E-state index is 0.0215. The van der Waals surface area contributed by atoms with Crippen molar-refractivity contribution in [2.75, 3.05) is 0 Å². The lowest BCUT2D eigenvalue weighted by Crippen LogP contribution is -2.27. The van der Waals surface area contributed by atoms with Gasteiger partial charge in [0.2, 0.25) is 5.91 Å². The lowest BCUT2D eigenvalue weighted by Gasteiger charge is -2.17. The first-order chi connectivity index (χ1) is 11.5. The number of rotatable bonds is 5. The van der Waals surface area contributed by atoms with Crippen LogP contribution < -0.4 is 5.32 Å². The predicted molar refractivity (Wildman–Crippen MR) is 96.9 cm³/mol. The molecule has 2 N–H and O–H groups in total. The van der Waals surface area contributed by atoms with E-state index in [2.05, 4.69) is 53.4 Å². The second-order valence-corrected chi connectivity index (χ2v) is 6.40. The van der Waals surface area contributed by atoms with Crippen LogP contribution in [0.3, 0.4) is 0 Å². The van der Waals surface area contributed by atoms with E-state index in [-0.39, 0.29) is 11.9 Å². The Balaban J connectivity index is 1.58. The molecule has 1 heterocycles. The van der Waals surface area contributed by atoms with Gasteiger partial charge in [0.15, 0.2) is 0 Å². The number of amides is 1. The van der Waals surface area contributed by atoms with Gasteiger partial charge >= 0.3 is 0 Å². The van der Waals surface area contributed by atoms with Gasteiger partial charge in [-0.05, 0) is 56.0 Å². The average Bonchev–Trinajstić information content (AvgIpc) is 3.00. The first-order valence-electron chi connectivity index (χ1n) is 8.31. The fraction of sp³-hybridized carbons (Fsp3) is 0.300. The first-order valence-corrected chi connectivity index (χ1v) is 8.31. The number of aromatic amines is 1. The van der Waals surface area contributed by atoms with Crippen LogP contribution in [0.2, 0.25) is 0 Å². The van der Waals surface area contributed by atoms with Gasteiger partial charge in [-0.15, -0.1) is 0 Å². The SMILES string of the molecule is Cc1ccc(C(C)NC(=O)CCc2ccc3nc[nH]c3c2)c(C)c1. The maximum absolute atomic E-state index is 12.3. The molecule has 2 aromatic carbocycles. The third-order valence-corrected chi connectivity index (χ3v) is 4.39. The lowest BCUT2D eigenvalue weighted by molar-refractivity contribution is -0.121. The monoisotopic (exact) mass is 321 g/mol. The number of benzene rings is 2. The highest BCUT2D eigenvalue weighted by atomic mass is 16.1. The van der Waals surface area contributed by atoms with Crippen molar-refractivity contribution >= 4 is 16.9 Å². The number of carbonyl (C=O) groups excluding carboxylic acids is 1. The summed E-state index contributed by atoms with van der Waals surface area (Å²) in [7, 11) is 0. The Morgan fingerprint density at radius 2 is 2.04 bits per heavy atom. The van der Waals surface area contributed by atoms with Gasteiger partial charge in [-0.1, -0.05) is 29.8 Å². The number of carbonyl (C=O) groups is 1.